The largest absolute Gasteiger partial charge is 0.399 e. The van der Waals surface area contributed by atoms with Crippen LogP contribution >= 0.6 is 0 Å². The number of amides is 2. The summed E-state index contributed by atoms with van der Waals surface area (Å²) in [5.41, 5.74) is 6.43. The number of nitrogens with one attached hydrogen (secondary N) is 1. The van der Waals surface area contributed by atoms with E-state index in [1.807, 2.05) is 6.92 Å². The number of carbonyl (C=O) groups is 2. The number of nitrogen functional groups attached to an aromatic ring is 1. The van der Waals surface area contributed by atoms with Crippen LogP contribution in [0.1, 0.15) is 18.9 Å². The fourth-order valence-corrected chi connectivity index (χ4v) is 2.47. The summed E-state index contributed by atoms with van der Waals surface area (Å²) in [5.74, 6) is -5.51. The molecule has 144 valence electrons. The van der Waals surface area contributed by atoms with Crippen molar-refractivity contribution in [1.82, 2.24) is 4.90 Å². The Morgan fingerprint density at radius 2 is 1.70 bits per heavy atom. The first-order valence-corrected chi connectivity index (χ1v) is 8.37. The molecule has 8 heteroatoms. The van der Waals surface area contributed by atoms with Crippen LogP contribution in [0.2, 0.25) is 0 Å². The van der Waals surface area contributed by atoms with Gasteiger partial charge in [0.2, 0.25) is 11.8 Å². The number of nitrogens with two attached hydrogens (primary N) is 1. The Bertz CT molecular complexity index is 826. The molecule has 0 fully saturated rings. The fourth-order valence-electron chi connectivity index (χ4n) is 2.47. The van der Waals surface area contributed by atoms with E-state index in [2.05, 4.69) is 5.32 Å². The number of halogens is 3. The summed E-state index contributed by atoms with van der Waals surface area (Å²) in [6, 6.07) is 8.41. The van der Waals surface area contributed by atoms with Gasteiger partial charge in [-0.25, -0.2) is 13.2 Å². The third-order valence-electron chi connectivity index (χ3n) is 3.83. The Kier molecular flexibility index (Phi) is 6.81. The lowest BCUT2D eigenvalue weighted by Crippen LogP contribution is -2.39. The lowest BCUT2D eigenvalue weighted by Gasteiger charge is -2.22. The molecular formula is C19H20F3N3O2. The van der Waals surface area contributed by atoms with Crippen molar-refractivity contribution < 1.29 is 22.8 Å². The van der Waals surface area contributed by atoms with Gasteiger partial charge in [-0.1, -0.05) is 19.1 Å². The van der Waals surface area contributed by atoms with Gasteiger partial charge in [-0.2, -0.15) is 0 Å². The van der Waals surface area contributed by atoms with Crippen LogP contribution in [0.3, 0.4) is 0 Å². The van der Waals surface area contributed by atoms with E-state index in [-0.39, 0.29) is 18.9 Å². The van der Waals surface area contributed by atoms with Gasteiger partial charge in [-0.3, -0.25) is 9.59 Å². The summed E-state index contributed by atoms with van der Waals surface area (Å²) < 4.78 is 39.9. The molecule has 2 aromatic carbocycles. The number of hydrogen-bond acceptors (Lipinski definition) is 3. The highest BCUT2D eigenvalue weighted by atomic mass is 19.2. The molecule has 0 radical (unpaired) electrons. The maximum Gasteiger partial charge on any atom is 0.244 e. The number of nitrogens with zero attached hydrogens (tertiary/aromatic N) is 1. The number of benzene rings is 2. The minimum Gasteiger partial charge on any atom is -0.399 e. The topological polar surface area (TPSA) is 75.4 Å². The molecule has 0 saturated carbocycles. The van der Waals surface area contributed by atoms with Crippen LogP contribution in [0, 0.1) is 17.5 Å². The van der Waals surface area contributed by atoms with Crippen molar-refractivity contribution in [3.05, 3.63) is 59.4 Å². The second-order valence-corrected chi connectivity index (χ2v) is 6.00. The van der Waals surface area contributed by atoms with Crippen molar-refractivity contribution >= 4 is 23.2 Å². The first kappa shape index (κ1) is 20.3. The van der Waals surface area contributed by atoms with E-state index in [1.54, 1.807) is 24.3 Å². The summed E-state index contributed by atoms with van der Waals surface area (Å²) in [4.78, 5) is 25.9. The number of rotatable bonds is 7. The zero-order valence-electron chi connectivity index (χ0n) is 14.8. The second kappa shape index (κ2) is 9.07. The average molecular weight is 379 g/mol. The van der Waals surface area contributed by atoms with Crippen LogP contribution < -0.4 is 11.1 Å². The van der Waals surface area contributed by atoms with E-state index in [1.165, 1.54) is 4.90 Å². The Balaban J connectivity index is 2.04. The zero-order valence-corrected chi connectivity index (χ0v) is 14.8. The smallest absolute Gasteiger partial charge is 0.244 e. The molecule has 0 aliphatic heterocycles. The summed E-state index contributed by atoms with van der Waals surface area (Å²) in [6.07, 6.45) is 0.688. The van der Waals surface area contributed by atoms with Crippen LogP contribution in [0.25, 0.3) is 0 Å². The molecule has 0 aromatic heterocycles. The average Bonchev–Trinajstić information content (AvgIpc) is 2.63. The van der Waals surface area contributed by atoms with E-state index in [0.29, 0.717) is 24.7 Å². The zero-order chi connectivity index (χ0) is 20.0. The van der Waals surface area contributed by atoms with Gasteiger partial charge in [0.15, 0.2) is 17.5 Å². The van der Waals surface area contributed by atoms with Crippen molar-refractivity contribution in [2.75, 3.05) is 24.1 Å². The van der Waals surface area contributed by atoms with E-state index in [0.717, 1.165) is 11.6 Å². The highest BCUT2D eigenvalue weighted by molar-refractivity contribution is 5.94. The molecule has 0 saturated heterocycles. The van der Waals surface area contributed by atoms with E-state index in [9.17, 15) is 22.8 Å². The fraction of sp³-hybridized carbons (Fsp3) is 0.263. The predicted octanol–water partition coefficient (Wildman–Crippen LogP) is 3.11. The molecular weight excluding hydrogens is 359 g/mol. The third kappa shape index (κ3) is 5.47. The lowest BCUT2D eigenvalue weighted by atomic mass is 10.1. The standard InChI is InChI=1S/C19H20F3N3O2/c1-2-9-25(17(27)10-12-3-5-13(23)6-4-12)11-16(26)24-15-8-7-14(20)18(21)19(15)22/h3-8H,2,9-11,23H2,1H3,(H,24,26). The Labute approximate surface area is 155 Å². The summed E-state index contributed by atoms with van der Waals surface area (Å²) in [5, 5.41) is 2.16. The Morgan fingerprint density at radius 1 is 1.04 bits per heavy atom. The van der Waals surface area contributed by atoms with Gasteiger partial charge in [-0.05, 0) is 36.2 Å². The Hall–Kier alpha value is -3.03. The number of hydrogen-bond donors (Lipinski definition) is 2. The van der Waals surface area contributed by atoms with Crippen LogP contribution in [0.4, 0.5) is 24.5 Å². The Morgan fingerprint density at radius 3 is 2.33 bits per heavy atom. The second-order valence-electron chi connectivity index (χ2n) is 6.00. The first-order chi connectivity index (χ1) is 12.8. The summed E-state index contributed by atoms with van der Waals surface area (Å²) >= 11 is 0. The maximum atomic E-state index is 13.7. The van der Waals surface area contributed by atoms with E-state index < -0.39 is 29.0 Å². The molecule has 27 heavy (non-hydrogen) atoms. The molecule has 0 unspecified atom stereocenters. The van der Waals surface area contributed by atoms with Gasteiger partial charge in [0, 0.05) is 12.2 Å². The van der Waals surface area contributed by atoms with Crippen LogP contribution in [0.15, 0.2) is 36.4 Å². The van der Waals surface area contributed by atoms with Gasteiger partial charge in [-0.15, -0.1) is 0 Å². The van der Waals surface area contributed by atoms with Gasteiger partial charge >= 0.3 is 0 Å². The number of anilines is 2. The molecule has 0 heterocycles. The van der Waals surface area contributed by atoms with Crippen molar-refractivity contribution in [2.24, 2.45) is 0 Å². The lowest BCUT2D eigenvalue weighted by molar-refractivity contribution is -0.134. The van der Waals surface area contributed by atoms with E-state index in [4.69, 9.17) is 5.73 Å². The van der Waals surface area contributed by atoms with Gasteiger partial charge < -0.3 is 16.0 Å². The molecule has 0 atom stereocenters. The molecule has 2 amide bonds. The van der Waals surface area contributed by atoms with Crippen molar-refractivity contribution in [3.63, 3.8) is 0 Å². The van der Waals surface area contributed by atoms with Crippen LogP contribution in [-0.2, 0) is 16.0 Å². The van der Waals surface area contributed by atoms with Gasteiger partial charge in [0.1, 0.15) is 0 Å². The quantitative estimate of drug-likeness (QED) is 0.573. The van der Waals surface area contributed by atoms with Crippen LogP contribution in [0.5, 0.6) is 0 Å². The maximum absolute atomic E-state index is 13.7. The van der Waals surface area contributed by atoms with Crippen molar-refractivity contribution in [2.45, 2.75) is 19.8 Å². The molecule has 2 rings (SSSR count). The normalized spacial score (nSPS) is 10.5. The molecule has 0 bridgehead atoms. The van der Waals surface area contributed by atoms with Gasteiger partial charge in [0.05, 0.1) is 18.7 Å². The van der Waals surface area contributed by atoms with Gasteiger partial charge in [0.25, 0.3) is 0 Å². The monoisotopic (exact) mass is 379 g/mol. The molecule has 0 spiro atoms. The molecule has 2 aromatic rings. The highest BCUT2D eigenvalue weighted by Crippen LogP contribution is 2.19. The minimum atomic E-state index is -1.67. The predicted molar refractivity (Wildman–Crippen MR) is 96.4 cm³/mol. The summed E-state index contributed by atoms with van der Waals surface area (Å²) in [7, 11) is 0. The highest BCUT2D eigenvalue weighted by Gasteiger charge is 2.19. The molecule has 5 nitrogen and oxygen atoms in total. The number of carbonyl (C=O) groups excluding carboxylic acids is 2. The SMILES string of the molecule is CCCN(CC(=O)Nc1ccc(F)c(F)c1F)C(=O)Cc1ccc(N)cc1. The minimum absolute atomic E-state index is 0.0765. The molecule has 0 aliphatic carbocycles. The van der Waals surface area contributed by atoms with Crippen molar-refractivity contribution in [1.29, 1.82) is 0 Å². The molecule has 3 N–H and O–H groups in total. The van der Waals surface area contributed by atoms with Crippen LogP contribution in [-0.4, -0.2) is 29.8 Å². The summed E-state index contributed by atoms with van der Waals surface area (Å²) in [6.45, 7) is 1.83. The van der Waals surface area contributed by atoms with Crippen molar-refractivity contribution in [3.8, 4) is 0 Å². The molecule has 0 aliphatic rings. The first-order valence-electron chi connectivity index (χ1n) is 8.37. The third-order valence-corrected chi connectivity index (χ3v) is 3.83. The van der Waals surface area contributed by atoms with E-state index >= 15 is 0 Å².